The predicted molar refractivity (Wildman–Crippen MR) is 100 cm³/mol. The van der Waals surface area contributed by atoms with E-state index in [9.17, 15) is 14.7 Å². The number of amides is 1. The van der Waals surface area contributed by atoms with Gasteiger partial charge in [-0.3, -0.25) is 14.5 Å². The van der Waals surface area contributed by atoms with Crippen molar-refractivity contribution in [3.8, 4) is 11.5 Å². The molecule has 2 rings (SSSR count). The van der Waals surface area contributed by atoms with E-state index >= 15 is 0 Å². The summed E-state index contributed by atoms with van der Waals surface area (Å²) in [5, 5.41) is 9.81. The number of benzene rings is 1. The maximum atomic E-state index is 12.5. The summed E-state index contributed by atoms with van der Waals surface area (Å²) < 4.78 is 10.4. The average Bonchev–Trinajstić information content (AvgIpc) is 2.80. The van der Waals surface area contributed by atoms with Gasteiger partial charge in [0.2, 0.25) is 0 Å². The van der Waals surface area contributed by atoms with E-state index in [1.807, 2.05) is 13.8 Å². The number of carbonyl (C=O) groups is 2. The third-order valence-corrected chi connectivity index (χ3v) is 4.62. The Balaban J connectivity index is 2.09. The zero-order valence-electron chi connectivity index (χ0n) is 14.1. The number of hydrogen-bond donors (Lipinski definition) is 1. The number of phenolic OH excluding ortho intramolecular Hbond substituents is 1. The molecule has 0 aliphatic carbocycles. The summed E-state index contributed by atoms with van der Waals surface area (Å²) in [6.45, 7) is 3.96. The van der Waals surface area contributed by atoms with E-state index in [-0.39, 0.29) is 24.1 Å². The van der Waals surface area contributed by atoms with Crippen molar-refractivity contribution < 1.29 is 24.2 Å². The molecule has 1 aromatic carbocycles. The topological polar surface area (TPSA) is 76.1 Å². The molecule has 1 aliphatic rings. The quantitative estimate of drug-likeness (QED) is 0.461. The molecule has 0 aromatic heterocycles. The number of aromatic hydroxyl groups is 1. The van der Waals surface area contributed by atoms with E-state index in [2.05, 4.69) is 0 Å². The number of carbonyl (C=O) groups excluding carboxylic acids is 2. The average molecular weight is 381 g/mol. The smallest absolute Gasteiger partial charge is 0.326 e. The number of thiocarbonyl (C=S) groups is 1. The van der Waals surface area contributed by atoms with Gasteiger partial charge in [0.15, 0.2) is 11.5 Å². The highest BCUT2D eigenvalue weighted by Crippen LogP contribution is 2.34. The van der Waals surface area contributed by atoms with Gasteiger partial charge in [-0.05, 0) is 29.7 Å². The second kappa shape index (κ2) is 8.35. The van der Waals surface area contributed by atoms with Gasteiger partial charge in [0.1, 0.15) is 10.9 Å². The molecule has 0 bridgehead atoms. The Morgan fingerprint density at radius 1 is 1.44 bits per heavy atom. The summed E-state index contributed by atoms with van der Waals surface area (Å²) in [7, 11) is 1.46. The molecule has 0 saturated carbocycles. The van der Waals surface area contributed by atoms with Gasteiger partial charge in [0.25, 0.3) is 5.91 Å². The molecule has 1 amide bonds. The Morgan fingerprint density at radius 3 is 2.76 bits per heavy atom. The Morgan fingerprint density at radius 2 is 2.16 bits per heavy atom. The van der Waals surface area contributed by atoms with Gasteiger partial charge in [-0.2, -0.15) is 0 Å². The van der Waals surface area contributed by atoms with Crippen LogP contribution in [-0.4, -0.2) is 46.5 Å². The van der Waals surface area contributed by atoms with Gasteiger partial charge in [0, 0.05) is 0 Å². The zero-order valence-corrected chi connectivity index (χ0v) is 15.8. The van der Waals surface area contributed by atoms with Crippen LogP contribution in [0.2, 0.25) is 0 Å². The van der Waals surface area contributed by atoms with Gasteiger partial charge < -0.3 is 14.6 Å². The summed E-state index contributed by atoms with van der Waals surface area (Å²) in [6.07, 6.45) is 1.61. The minimum Gasteiger partial charge on any atom is -0.504 e. The molecule has 0 radical (unpaired) electrons. The van der Waals surface area contributed by atoms with Crippen LogP contribution in [0.5, 0.6) is 11.5 Å². The van der Waals surface area contributed by atoms with Gasteiger partial charge in [0.05, 0.1) is 18.6 Å². The molecule has 0 spiro atoms. The van der Waals surface area contributed by atoms with Crippen molar-refractivity contribution in [1.82, 2.24) is 4.90 Å². The number of rotatable bonds is 6. The van der Waals surface area contributed by atoms with Gasteiger partial charge in [-0.15, -0.1) is 0 Å². The molecule has 134 valence electrons. The molecule has 6 nitrogen and oxygen atoms in total. The van der Waals surface area contributed by atoms with Crippen LogP contribution in [-0.2, 0) is 14.3 Å². The van der Waals surface area contributed by atoms with E-state index in [1.54, 1.807) is 18.2 Å². The molecule has 1 saturated heterocycles. The largest absolute Gasteiger partial charge is 0.504 e. The van der Waals surface area contributed by atoms with Crippen LogP contribution in [0.1, 0.15) is 19.4 Å². The lowest BCUT2D eigenvalue weighted by Gasteiger charge is -2.14. The Hall–Kier alpha value is -2.06. The highest BCUT2D eigenvalue weighted by molar-refractivity contribution is 8.26. The van der Waals surface area contributed by atoms with E-state index in [0.29, 0.717) is 27.1 Å². The van der Waals surface area contributed by atoms with Gasteiger partial charge >= 0.3 is 5.97 Å². The molecule has 1 heterocycles. The molecular weight excluding hydrogens is 362 g/mol. The van der Waals surface area contributed by atoms with Gasteiger partial charge in [-0.1, -0.05) is 43.9 Å². The monoisotopic (exact) mass is 381 g/mol. The molecule has 1 aromatic rings. The molecular formula is C17H19NO5S2. The van der Waals surface area contributed by atoms with Crippen molar-refractivity contribution in [3.05, 3.63) is 28.7 Å². The van der Waals surface area contributed by atoms with Crippen molar-refractivity contribution in [3.63, 3.8) is 0 Å². The van der Waals surface area contributed by atoms with Crippen molar-refractivity contribution >= 4 is 46.3 Å². The lowest BCUT2D eigenvalue weighted by Crippen LogP contribution is -2.34. The predicted octanol–water partition coefficient (Wildman–Crippen LogP) is 2.80. The van der Waals surface area contributed by atoms with E-state index in [1.165, 1.54) is 18.1 Å². The number of methoxy groups -OCH3 is 1. The standard InChI is InChI=1S/C17H19NO5S2/c1-10(2)9-23-15(20)8-18-16(21)14(25-17(18)24)7-11-4-5-13(22-3)12(19)6-11/h4-7,10,19H,8-9H2,1-3H3/b14-7-. The first-order chi connectivity index (χ1) is 11.8. The second-order valence-corrected chi connectivity index (χ2v) is 7.45. The molecule has 0 atom stereocenters. The Bertz CT molecular complexity index is 730. The fourth-order valence-corrected chi connectivity index (χ4v) is 3.27. The SMILES string of the molecule is COc1ccc(/C=C2\SC(=S)N(CC(=O)OCC(C)C)C2=O)cc1O. The molecule has 1 aliphatic heterocycles. The highest BCUT2D eigenvalue weighted by atomic mass is 32.2. The van der Waals surface area contributed by atoms with Crippen molar-refractivity contribution in [2.75, 3.05) is 20.3 Å². The first kappa shape index (κ1) is 19.3. The van der Waals surface area contributed by atoms with Crippen LogP contribution in [0.15, 0.2) is 23.1 Å². The summed E-state index contributed by atoms with van der Waals surface area (Å²) >= 11 is 6.29. The second-order valence-electron chi connectivity index (χ2n) is 5.78. The lowest BCUT2D eigenvalue weighted by molar-refractivity contribution is -0.147. The van der Waals surface area contributed by atoms with Crippen molar-refractivity contribution in [2.45, 2.75) is 13.8 Å². The Kier molecular flexibility index (Phi) is 6.44. The molecule has 1 fully saturated rings. The van der Waals surface area contributed by atoms with Crippen LogP contribution in [0.3, 0.4) is 0 Å². The summed E-state index contributed by atoms with van der Waals surface area (Å²) in [6, 6.07) is 4.80. The number of esters is 1. The first-order valence-electron chi connectivity index (χ1n) is 7.59. The summed E-state index contributed by atoms with van der Waals surface area (Å²) in [4.78, 5) is 25.9. The number of hydrogen-bond acceptors (Lipinski definition) is 7. The van der Waals surface area contributed by atoms with Crippen LogP contribution >= 0.6 is 24.0 Å². The fourth-order valence-electron chi connectivity index (χ4n) is 2.02. The third kappa shape index (κ3) is 4.96. The maximum Gasteiger partial charge on any atom is 0.326 e. The van der Waals surface area contributed by atoms with Crippen molar-refractivity contribution in [1.29, 1.82) is 0 Å². The van der Waals surface area contributed by atoms with Crippen LogP contribution < -0.4 is 4.74 Å². The normalized spacial score (nSPS) is 16.0. The number of phenols is 1. The van der Waals surface area contributed by atoms with E-state index in [0.717, 1.165) is 11.8 Å². The molecule has 25 heavy (non-hydrogen) atoms. The highest BCUT2D eigenvalue weighted by Gasteiger charge is 2.33. The van der Waals surface area contributed by atoms with Crippen LogP contribution in [0.25, 0.3) is 6.08 Å². The zero-order chi connectivity index (χ0) is 18.6. The first-order valence-corrected chi connectivity index (χ1v) is 8.82. The van der Waals surface area contributed by atoms with Crippen LogP contribution in [0.4, 0.5) is 0 Å². The number of ether oxygens (including phenoxy) is 2. The fraction of sp³-hybridized carbons (Fsp3) is 0.353. The molecule has 0 unspecified atom stereocenters. The summed E-state index contributed by atoms with van der Waals surface area (Å²) in [5.41, 5.74) is 0.626. The minimum absolute atomic E-state index is 0.0241. The third-order valence-electron chi connectivity index (χ3n) is 3.24. The lowest BCUT2D eigenvalue weighted by atomic mass is 10.2. The molecule has 8 heteroatoms. The van der Waals surface area contributed by atoms with E-state index < -0.39 is 5.97 Å². The Labute approximate surface area is 155 Å². The van der Waals surface area contributed by atoms with Crippen LogP contribution in [0, 0.1) is 5.92 Å². The van der Waals surface area contributed by atoms with Crippen molar-refractivity contribution in [2.24, 2.45) is 5.92 Å². The number of thioether (sulfide) groups is 1. The van der Waals surface area contributed by atoms with E-state index in [4.69, 9.17) is 21.7 Å². The summed E-state index contributed by atoms with van der Waals surface area (Å²) in [5.74, 6) is -0.306. The molecule has 1 N–H and O–H groups in total. The number of nitrogens with zero attached hydrogens (tertiary/aromatic N) is 1. The van der Waals surface area contributed by atoms with Gasteiger partial charge in [-0.25, -0.2) is 0 Å². The minimum atomic E-state index is -0.492. The maximum absolute atomic E-state index is 12.5.